The first-order chi connectivity index (χ1) is 7.38. The van der Waals surface area contributed by atoms with Crippen molar-refractivity contribution < 1.29 is 9.53 Å². The summed E-state index contributed by atoms with van der Waals surface area (Å²) in [5, 5.41) is 3.32. The van der Waals surface area contributed by atoms with Crippen LogP contribution in [0.3, 0.4) is 0 Å². The van der Waals surface area contributed by atoms with Gasteiger partial charge in [0.15, 0.2) is 0 Å². The van der Waals surface area contributed by atoms with Crippen LogP contribution in [0.4, 0.5) is 0 Å². The fraction of sp³-hybridized carbons (Fsp3) is 0.917. The van der Waals surface area contributed by atoms with Gasteiger partial charge < -0.3 is 10.1 Å². The summed E-state index contributed by atoms with van der Waals surface area (Å²) in [6.45, 7) is 8.18. The van der Waals surface area contributed by atoms with Gasteiger partial charge in [0, 0.05) is 6.04 Å². The standard InChI is InChI=1S/C12H24N2O2/c1-12(2,3)16-11(15)9-14(4)10-5-7-13-8-6-10/h10,13H,5-9H2,1-4H3. The van der Waals surface area contributed by atoms with E-state index in [4.69, 9.17) is 4.74 Å². The van der Waals surface area contributed by atoms with Gasteiger partial charge in [0.1, 0.15) is 5.60 Å². The summed E-state index contributed by atoms with van der Waals surface area (Å²) in [6, 6.07) is 0.508. The highest BCUT2D eigenvalue weighted by Crippen LogP contribution is 2.11. The summed E-state index contributed by atoms with van der Waals surface area (Å²) in [6.07, 6.45) is 2.22. The number of esters is 1. The number of rotatable bonds is 3. The van der Waals surface area contributed by atoms with Crippen molar-refractivity contribution in [2.75, 3.05) is 26.7 Å². The van der Waals surface area contributed by atoms with E-state index in [1.165, 1.54) is 0 Å². The Kier molecular flexibility index (Phi) is 4.74. The Morgan fingerprint density at radius 3 is 2.44 bits per heavy atom. The van der Waals surface area contributed by atoms with Crippen LogP contribution in [-0.4, -0.2) is 49.2 Å². The Bertz CT molecular complexity index is 230. The third-order valence-corrected chi connectivity index (χ3v) is 2.73. The van der Waals surface area contributed by atoms with Crippen LogP contribution in [0.15, 0.2) is 0 Å². The molecule has 0 saturated carbocycles. The Labute approximate surface area is 98.3 Å². The van der Waals surface area contributed by atoms with Crippen molar-refractivity contribution in [1.29, 1.82) is 0 Å². The van der Waals surface area contributed by atoms with E-state index in [-0.39, 0.29) is 11.6 Å². The van der Waals surface area contributed by atoms with Crippen molar-refractivity contribution in [3.63, 3.8) is 0 Å². The topological polar surface area (TPSA) is 41.6 Å². The van der Waals surface area contributed by atoms with Crippen molar-refractivity contribution in [3.8, 4) is 0 Å². The molecule has 4 nitrogen and oxygen atoms in total. The maximum absolute atomic E-state index is 11.6. The average Bonchev–Trinajstić information content (AvgIpc) is 2.16. The van der Waals surface area contributed by atoms with Gasteiger partial charge in [0.05, 0.1) is 6.54 Å². The lowest BCUT2D eigenvalue weighted by Crippen LogP contribution is -2.44. The maximum atomic E-state index is 11.6. The van der Waals surface area contributed by atoms with E-state index >= 15 is 0 Å². The molecule has 1 fully saturated rings. The molecule has 0 aromatic rings. The summed E-state index contributed by atoms with van der Waals surface area (Å²) in [5.74, 6) is -0.131. The molecular formula is C12H24N2O2. The molecule has 0 bridgehead atoms. The van der Waals surface area contributed by atoms with Crippen molar-refractivity contribution in [1.82, 2.24) is 10.2 Å². The Morgan fingerprint density at radius 1 is 1.38 bits per heavy atom. The van der Waals surface area contributed by atoms with E-state index in [9.17, 15) is 4.79 Å². The molecule has 0 atom stereocenters. The molecule has 1 aliphatic rings. The number of piperidine rings is 1. The molecule has 1 rings (SSSR count). The van der Waals surface area contributed by atoms with Crippen molar-refractivity contribution in [2.24, 2.45) is 0 Å². The minimum atomic E-state index is -0.383. The smallest absolute Gasteiger partial charge is 0.320 e. The van der Waals surface area contributed by atoms with E-state index in [1.807, 2.05) is 27.8 Å². The van der Waals surface area contributed by atoms with E-state index in [1.54, 1.807) is 0 Å². The summed E-state index contributed by atoms with van der Waals surface area (Å²) in [7, 11) is 2.00. The fourth-order valence-corrected chi connectivity index (χ4v) is 1.95. The van der Waals surface area contributed by atoms with E-state index in [2.05, 4.69) is 10.2 Å². The molecule has 0 spiro atoms. The molecule has 1 heterocycles. The minimum absolute atomic E-state index is 0.131. The molecule has 0 radical (unpaired) electrons. The molecule has 4 heteroatoms. The Hall–Kier alpha value is -0.610. The molecule has 1 aliphatic heterocycles. The van der Waals surface area contributed by atoms with Crippen LogP contribution >= 0.6 is 0 Å². The number of carbonyl (C=O) groups is 1. The number of carbonyl (C=O) groups excluding carboxylic acids is 1. The first-order valence-electron chi connectivity index (χ1n) is 6.01. The van der Waals surface area contributed by atoms with Crippen LogP contribution < -0.4 is 5.32 Å². The maximum Gasteiger partial charge on any atom is 0.320 e. The van der Waals surface area contributed by atoms with Gasteiger partial charge in [-0.1, -0.05) is 0 Å². The van der Waals surface area contributed by atoms with Gasteiger partial charge >= 0.3 is 5.97 Å². The fourth-order valence-electron chi connectivity index (χ4n) is 1.95. The zero-order valence-corrected chi connectivity index (χ0v) is 10.9. The van der Waals surface area contributed by atoms with Crippen molar-refractivity contribution in [3.05, 3.63) is 0 Å². The number of nitrogens with zero attached hydrogens (tertiary/aromatic N) is 1. The van der Waals surface area contributed by atoms with Crippen molar-refractivity contribution >= 4 is 5.97 Å². The zero-order valence-electron chi connectivity index (χ0n) is 10.9. The first-order valence-corrected chi connectivity index (χ1v) is 6.01. The summed E-state index contributed by atoms with van der Waals surface area (Å²) in [5.41, 5.74) is -0.383. The van der Waals surface area contributed by atoms with Gasteiger partial charge in [-0.25, -0.2) is 0 Å². The lowest BCUT2D eigenvalue weighted by Gasteiger charge is -2.31. The van der Waals surface area contributed by atoms with Crippen LogP contribution in [0.5, 0.6) is 0 Å². The van der Waals surface area contributed by atoms with Crippen LogP contribution in [0.1, 0.15) is 33.6 Å². The number of likely N-dealkylation sites (N-methyl/N-ethyl adjacent to an activating group) is 1. The molecule has 0 aliphatic carbocycles. The van der Waals surface area contributed by atoms with Gasteiger partial charge in [-0.15, -0.1) is 0 Å². The molecule has 1 saturated heterocycles. The van der Waals surface area contributed by atoms with Crippen LogP contribution in [0.2, 0.25) is 0 Å². The Morgan fingerprint density at radius 2 is 1.94 bits per heavy atom. The minimum Gasteiger partial charge on any atom is -0.459 e. The van der Waals surface area contributed by atoms with Gasteiger partial charge in [-0.2, -0.15) is 0 Å². The number of hydrogen-bond donors (Lipinski definition) is 1. The highest BCUT2D eigenvalue weighted by Gasteiger charge is 2.22. The largest absolute Gasteiger partial charge is 0.459 e. The number of ether oxygens (including phenoxy) is 1. The second-order valence-corrected chi connectivity index (χ2v) is 5.48. The van der Waals surface area contributed by atoms with E-state index in [0.29, 0.717) is 12.6 Å². The summed E-state index contributed by atoms with van der Waals surface area (Å²) >= 11 is 0. The molecule has 0 aromatic carbocycles. The first kappa shape index (κ1) is 13.5. The third-order valence-electron chi connectivity index (χ3n) is 2.73. The lowest BCUT2D eigenvalue weighted by atomic mass is 10.1. The van der Waals surface area contributed by atoms with Crippen LogP contribution in [0.25, 0.3) is 0 Å². The van der Waals surface area contributed by atoms with Gasteiger partial charge in [-0.05, 0) is 53.8 Å². The van der Waals surface area contributed by atoms with Crippen LogP contribution in [0, 0.1) is 0 Å². The normalized spacial score (nSPS) is 18.8. The predicted octanol–water partition coefficient (Wildman–Crippen LogP) is 1.01. The van der Waals surface area contributed by atoms with Gasteiger partial charge in [0.25, 0.3) is 0 Å². The molecule has 0 aromatic heterocycles. The molecule has 94 valence electrons. The monoisotopic (exact) mass is 228 g/mol. The zero-order chi connectivity index (χ0) is 12.2. The molecule has 0 amide bonds. The highest BCUT2D eigenvalue weighted by molar-refractivity contribution is 5.72. The van der Waals surface area contributed by atoms with Gasteiger partial charge in [0.2, 0.25) is 0 Å². The Balaban J connectivity index is 2.32. The molecule has 1 N–H and O–H groups in total. The molecule has 0 unspecified atom stereocenters. The number of nitrogens with one attached hydrogen (secondary N) is 1. The average molecular weight is 228 g/mol. The predicted molar refractivity (Wildman–Crippen MR) is 64.4 cm³/mol. The third kappa shape index (κ3) is 4.94. The second-order valence-electron chi connectivity index (χ2n) is 5.48. The lowest BCUT2D eigenvalue weighted by molar-refractivity contribution is -0.156. The van der Waals surface area contributed by atoms with Crippen LogP contribution in [-0.2, 0) is 9.53 Å². The van der Waals surface area contributed by atoms with E-state index < -0.39 is 0 Å². The number of hydrogen-bond acceptors (Lipinski definition) is 4. The SMILES string of the molecule is CN(CC(=O)OC(C)(C)C)C1CCNCC1. The summed E-state index contributed by atoms with van der Waals surface area (Å²) in [4.78, 5) is 13.7. The molecule has 16 heavy (non-hydrogen) atoms. The van der Waals surface area contributed by atoms with E-state index in [0.717, 1.165) is 25.9 Å². The quantitative estimate of drug-likeness (QED) is 0.732. The molecular weight excluding hydrogens is 204 g/mol. The highest BCUT2D eigenvalue weighted by atomic mass is 16.6. The van der Waals surface area contributed by atoms with Crippen molar-refractivity contribution in [2.45, 2.75) is 45.3 Å². The summed E-state index contributed by atoms with van der Waals surface area (Å²) < 4.78 is 5.30. The van der Waals surface area contributed by atoms with Gasteiger partial charge in [-0.3, -0.25) is 9.69 Å². The second kappa shape index (κ2) is 5.64.